The smallest absolute Gasteiger partial charge is 0.327 e. The van der Waals surface area contributed by atoms with Crippen molar-refractivity contribution in [3.8, 4) is 0 Å². The fraction of sp³-hybridized carbons (Fsp3) is 0.846. The first-order valence-corrected chi connectivity index (χ1v) is 14.4. The Bertz CT molecular complexity index is 952. The van der Waals surface area contributed by atoms with Crippen LogP contribution in [0.5, 0.6) is 0 Å². The molecule has 12 nitrogen and oxygen atoms in total. The van der Waals surface area contributed by atoms with E-state index in [-0.39, 0.29) is 55.2 Å². The number of carboxylic acids is 1. The third-order valence-electron chi connectivity index (χ3n) is 8.62. The van der Waals surface area contributed by atoms with Crippen LogP contribution < -0.4 is 10.6 Å². The minimum Gasteiger partial charge on any atom is -0.480 e. The van der Waals surface area contributed by atoms with Gasteiger partial charge >= 0.3 is 11.9 Å². The molecule has 220 valence electrons. The van der Waals surface area contributed by atoms with Gasteiger partial charge in [0.25, 0.3) is 0 Å². The Morgan fingerprint density at radius 3 is 2.54 bits per heavy atom. The van der Waals surface area contributed by atoms with Crippen LogP contribution in [0.2, 0.25) is 0 Å². The maximum absolute atomic E-state index is 12.7. The van der Waals surface area contributed by atoms with Crippen molar-refractivity contribution in [3.63, 3.8) is 0 Å². The predicted octanol–water partition coefficient (Wildman–Crippen LogP) is 1.91. The van der Waals surface area contributed by atoms with E-state index in [0.29, 0.717) is 18.8 Å². The number of rotatable bonds is 11. The summed E-state index contributed by atoms with van der Waals surface area (Å²) in [7, 11) is 0. The highest BCUT2D eigenvalue weighted by atomic mass is 32.1. The zero-order valence-corrected chi connectivity index (χ0v) is 23.6. The second-order valence-corrected chi connectivity index (χ2v) is 11.7. The molecule has 5 aliphatic rings. The van der Waals surface area contributed by atoms with Crippen LogP contribution in [0.15, 0.2) is 0 Å². The quantitative estimate of drug-likeness (QED) is 0.125. The number of fused-ring (bicyclic) bond motifs is 2. The number of carbonyl (C=O) groups excluding carboxylic acids is 3. The van der Waals surface area contributed by atoms with E-state index >= 15 is 0 Å². The van der Waals surface area contributed by atoms with E-state index in [1.54, 1.807) is 0 Å². The Morgan fingerprint density at radius 2 is 1.82 bits per heavy atom. The Kier molecular flexibility index (Phi) is 9.47. The predicted molar refractivity (Wildman–Crippen MR) is 138 cm³/mol. The van der Waals surface area contributed by atoms with E-state index in [2.05, 4.69) is 30.2 Å². The summed E-state index contributed by atoms with van der Waals surface area (Å²) in [6.45, 7) is 6.26. The van der Waals surface area contributed by atoms with Gasteiger partial charge in [-0.15, -0.1) is 0 Å². The fourth-order valence-corrected chi connectivity index (χ4v) is 6.68. The highest BCUT2D eigenvalue weighted by Gasteiger charge is 2.69. The first kappa shape index (κ1) is 30.0. The highest BCUT2D eigenvalue weighted by molar-refractivity contribution is 7.80. The van der Waals surface area contributed by atoms with Gasteiger partial charge in [0, 0.05) is 43.4 Å². The summed E-state index contributed by atoms with van der Waals surface area (Å²) >= 11 is 3.89. The molecule has 4 aliphatic heterocycles. The number of nitrogens with one attached hydrogen (secondary N) is 2. The maximum Gasteiger partial charge on any atom is 0.327 e. The molecule has 3 N–H and O–H groups in total. The number of esters is 1. The van der Waals surface area contributed by atoms with Gasteiger partial charge in [-0.3, -0.25) is 14.4 Å². The van der Waals surface area contributed by atoms with Crippen molar-refractivity contribution in [2.45, 2.75) is 102 Å². The van der Waals surface area contributed by atoms with Crippen LogP contribution in [0.3, 0.4) is 0 Å². The fourth-order valence-electron chi connectivity index (χ4n) is 6.43. The maximum atomic E-state index is 12.7. The molecule has 0 aromatic carbocycles. The van der Waals surface area contributed by atoms with Gasteiger partial charge in [0.1, 0.15) is 6.04 Å². The zero-order chi connectivity index (χ0) is 28.4. The van der Waals surface area contributed by atoms with Gasteiger partial charge in [-0.25, -0.2) is 14.6 Å². The monoisotopic (exact) mass is 572 g/mol. The number of carbonyl (C=O) groups is 4. The molecule has 4 heterocycles. The van der Waals surface area contributed by atoms with Crippen molar-refractivity contribution in [1.82, 2.24) is 10.6 Å². The molecule has 0 aromatic rings. The van der Waals surface area contributed by atoms with E-state index in [1.165, 1.54) is 0 Å². The second-order valence-electron chi connectivity index (χ2n) is 11.4. The van der Waals surface area contributed by atoms with Crippen LogP contribution in [0.1, 0.15) is 72.1 Å². The molecule has 0 radical (unpaired) electrons. The van der Waals surface area contributed by atoms with Crippen LogP contribution in [0.25, 0.3) is 0 Å². The van der Waals surface area contributed by atoms with Crippen molar-refractivity contribution >= 4 is 36.4 Å². The Labute approximate surface area is 233 Å². The van der Waals surface area contributed by atoms with Gasteiger partial charge in [0.2, 0.25) is 23.9 Å². The van der Waals surface area contributed by atoms with Gasteiger partial charge in [0.05, 0.1) is 6.42 Å². The Morgan fingerprint density at radius 1 is 1.05 bits per heavy atom. The molecule has 2 amide bonds. The molecule has 1 spiro atoms. The summed E-state index contributed by atoms with van der Waals surface area (Å²) in [6, 6.07) is -1.06. The third-order valence-corrected chi connectivity index (χ3v) is 8.98. The number of hydrogen-bond acceptors (Lipinski definition) is 10. The molecule has 4 saturated heterocycles. The van der Waals surface area contributed by atoms with Gasteiger partial charge in [-0.2, -0.15) is 12.6 Å². The number of aliphatic carboxylic acids is 1. The lowest BCUT2D eigenvalue weighted by Gasteiger charge is -2.59. The SMILES string of the molecule is C[C@H]1[C@H](OC(=O)CCC(=O)NCCCC(=O)N[C@@H](CS)C(=O)O)O[C@H]2O[C@]3(C)CC[C@H]4[C@H](C)CC[C@H]1[C@@]24OO3. The lowest BCUT2D eigenvalue weighted by molar-refractivity contribution is -0.576. The molecule has 39 heavy (non-hydrogen) atoms. The molecule has 1 saturated carbocycles. The number of carboxylic acid groups (broad SMARTS) is 1. The van der Waals surface area contributed by atoms with Crippen LogP contribution in [0.4, 0.5) is 0 Å². The molecule has 13 heteroatoms. The zero-order valence-electron chi connectivity index (χ0n) is 22.7. The van der Waals surface area contributed by atoms with Crippen LogP contribution >= 0.6 is 12.6 Å². The standard InChI is InChI=1S/C26H40N2O10S/c1-14-6-7-17-15(2)23(35-24-26(17)16(14)10-11-25(3,36-24)37-38-26)34-21(31)9-8-19(29)27-12-4-5-20(30)28-18(13-39)22(32)33/h14-18,23-24,39H,4-13H2,1-3H3,(H,27,29)(H,28,30)(H,32,33)/t14-,15-,16+,17-,18+,23-,24+,25+,26-/m1/s1. The van der Waals surface area contributed by atoms with Crippen molar-refractivity contribution < 1.29 is 48.3 Å². The summed E-state index contributed by atoms with van der Waals surface area (Å²) in [6.07, 6.45) is 2.13. The van der Waals surface area contributed by atoms with Gasteiger partial charge in [-0.1, -0.05) is 13.8 Å². The number of hydrogen-bond donors (Lipinski definition) is 4. The van der Waals surface area contributed by atoms with Gasteiger partial charge < -0.3 is 30.0 Å². The largest absolute Gasteiger partial charge is 0.480 e. The van der Waals surface area contributed by atoms with Gasteiger partial charge in [0.15, 0.2) is 11.9 Å². The van der Waals surface area contributed by atoms with E-state index in [4.69, 9.17) is 29.1 Å². The number of thiol groups is 1. The second kappa shape index (κ2) is 12.3. The first-order chi connectivity index (χ1) is 18.5. The summed E-state index contributed by atoms with van der Waals surface area (Å²) in [5, 5.41) is 14.0. The Hall–Kier alpha value is -1.93. The summed E-state index contributed by atoms with van der Waals surface area (Å²) < 4.78 is 18.2. The van der Waals surface area contributed by atoms with E-state index in [9.17, 15) is 19.2 Å². The Balaban J connectivity index is 1.23. The molecule has 5 fully saturated rings. The van der Waals surface area contributed by atoms with Crippen molar-refractivity contribution in [2.24, 2.45) is 23.7 Å². The van der Waals surface area contributed by atoms with Crippen LogP contribution in [-0.4, -0.2) is 71.2 Å². The molecule has 0 unspecified atom stereocenters. The van der Waals surface area contributed by atoms with Crippen molar-refractivity contribution in [3.05, 3.63) is 0 Å². The number of ether oxygens (including phenoxy) is 3. The third kappa shape index (κ3) is 6.37. The lowest BCUT2D eigenvalue weighted by atomic mass is 9.58. The molecule has 9 atom stereocenters. The van der Waals surface area contributed by atoms with E-state index < -0.39 is 47.9 Å². The lowest BCUT2D eigenvalue weighted by Crippen LogP contribution is -2.70. The molecule has 5 rings (SSSR count). The van der Waals surface area contributed by atoms with Gasteiger partial charge in [-0.05, 0) is 44.4 Å². The first-order valence-electron chi connectivity index (χ1n) is 13.8. The molecular formula is C26H40N2O10S. The summed E-state index contributed by atoms with van der Waals surface area (Å²) in [5.74, 6) is -2.93. The topological polar surface area (TPSA) is 159 Å². The van der Waals surface area contributed by atoms with E-state index in [0.717, 1.165) is 19.3 Å². The van der Waals surface area contributed by atoms with Crippen LogP contribution in [0, 0.1) is 23.7 Å². The summed E-state index contributed by atoms with van der Waals surface area (Å²) in [4.78, 5) is 59.5. The normalized spacial score (nSPS) is 37.6. The summed E-state index contributed by atoms with van der Waals surface area (Å²) in [5.41, 5.74) is -0.742. The molecule has 0 aromatic heterocycles. The molecule has 2 bridgehead atoms. The van der Waals surface area contributed by atoms with E-state index in [1.807, 2.05) is 13.8 Å². The van der Waals surface area contributed by atoms with Crippen molar-refractivity contribution in [1.29, 1.82) is 0 Å². The highest BCUT2D eigenvalue weighted by Crippen LogP contribution is 2.60. The minimum absolute atomic E-state index is 0.0188. The van der Waals surface area contributed by atoms with Crippen molar-refractivity contribution in [2.75, 3.05) is 12.3 Å². The minimum atomic E-state index is -1.16. The average Bonchev–Trinajstić information content (AvgIpc) is 3.12. The molecular weight excluding hydrogens is 532 g/mol. The molecule has 1 aliphatic carbocycles. The number of amides is 2. The average molecular weight is 573 g/mol. The van der Waals surface area contributed by atoms with Crippen LogP contribution in [-0.2, 0) is 43.2 Å².